The number of carbonyl (C=O) groups is 1. The fraction of sp³-hybridized carbons (Fsp3) is 0.222. The number of hydrogen-bond donors (Lipinski definition) is 5. The standard InChI is InChI=1S/C9H10O6/c1-3(10)4-2-5(9(14)15)7(12)8(13)6(4)11/h2-3,10-13H,1H3,(H,14,15). The molecule has 0 fully saturated rings. The number of aliphatic hydroxyl groups is 1. The molecular formula is C9H10O6. The van der Waals surface area contributed by atoms with Crippen LogP contribution in [0.15, 0.2) is 6.07 Å². The van der Waals surface area contributed by atoms with Gasteiger partial charge in [0.25, 0.3) is 0 Å². The van der Waals surface area contributed by atoms with Crippen LogP contribution in [0.2, 0.25) is 0 Å². The number of benzene rings is 1. The molecule has 15 heavy (non-hydrogen) atoms. The maximum Gasteiger partial charge on any atom is 0.339 e. The zero-order valence-corrected chi connectivity index (χ0v) is 7.80. The third-order valence-corrected chi connectivity index (χ3v) is 1.96. The van der Waals surface area contributed by atoms with E-state index in [9.17, 15) is 25.2 Å². The Kier molecular flexibility index (Phi) is 2.71. The van der Waals surface area contributed by atoms with Gasteiger partial charge in [0.05, 0.1) is 6.10 Å². The number of carboxylic acids is 1. The highest BCUT2D eigenvalue weighted by Gasteiger charge is 2.22. The van der Waals surface area contributed by atoms with Crippen LogP contribution < -0.4 is 0 Å². The number of phenols is 3. The monoisotopic (exact) mass is 214 g/mol. The number of rotatable bonds is 2. The molecule has 6 nitrogen and oxygen atoms in total. The van der Waals surface area contributed by atoms with E-state index in [2.05, 4.69) is 0 Å². The van der Waals surface area contributed by atoms with Gasteiger partial charge in [-0.25, -0.2) is 4.79 Å². The van der Waals surface area contributed by atoms with Crippen LogP contribution in [-0.4, -0.2) is 31.5 Å². The van der Waals surface area contributed by atoms with Gasteiger partial charge in [0.2, 0.25) is 5.75 Å². The van der Waals surface area contributed by atoms with E-state index in [1.54, 1.807) is 0 Å². The number of aliphatic hydroxyl groups excluding tert-OH is 1. The van der Waals surface area contributed by atoms with Crippen molar-refractivity contribution in [1.29, 1.82) is 0 Å². The lowest BCUT2D eigenvalue weighted by atomic mass is 10.0. The second-order valence-corrected chi connectivity index (χ2v) is 3.04. The van der Waals surface area contributed by atoms with Crippen LogP contribution in [0.3, 0.4) is 0 Å². The Morgan fingerprint density at radius 3 is 2.13 bits per heavy atom. The van der Waals surface area contributed by atoms with Gasteiger partial charge in [-0.1, -0.05) is 0 Å². The number of hydrogen-bond acceptors (Lipinski definition) is 5. The summed E-state index contributed by atoms with van der Waals surface area (Å²) >= 11 is 0. The van der Waals surface area contributed by atoms with Gasteiger partial charge >= 0.3 is 5.97 Å². The summed E-state index contributed by atoms with van der Waals surface area (Å²) in [5, 5.41) is 45.5. The van der Waals surface area contributed by atoms with Crippen molar-refractivity contribution in [3.63, 3.8) is 0 Å². The molecule has 0 aliphatic rings. The molecule has 0 aliphatic carbocycles. The molecule has 0 aliphatic heterocycles. The van der Waals surface area contributed by atoms with Crippen LogP contribution in [0.25, 0.3) is 0 Å². The van der Waals surface area contributed by atoms with Crippen molar-refractivity contribution in [2.24, 2.45) is 0 Å². The first-order valence-electron chi connectivity index (χ1n) is 4.05. The Morgan fingerprint density at radius 1 is 1.20 bits per heavy atom. The summed E-state index contributed by atoms with van der Waals surface area (Å²) in [6.07, 6.45) is -1.16. The third-order valence-electron chi connectivity index (χ3n) is 1.96. The smallest absolute Gasteiger partial charge is 0.339 e. The summed E-state index contributed by atoms with van der Waals surface area (Å²) in [6, 6.07) is 0.900. The van der Waals surface area contributed by atoms with Crippen molar-refractivity contribution in [3.8, 4) is 17.2 Å². The maximum absolute atomic E-state index is 10.6. The first-order chi connectivity index (χ1) is 6.86. The summed E-state index contributed by atoms with van der Waals surface area (Å²) < 4.78 is 0. The van der Waals surface area contributed by atoms with Gasteiger partial charge in [-0.05, 0) is 13.0 Å². The van der Waals surface area contributed by atoms with Gasteiger partial charge in [0.1, 0.15) is 5.56 Å². The second-order valence-electron chi connectivity index (χ2n) is 3.04. The summed E-state index contributed by atoms with van der Waals surface area (Å²) in [5.74, 6) is -4.08. The zero-order valence-electron chi connectivity index (χ0n) is 7.80. The van der Waals surface area contributed by atoms with E-state index in [4.69, 9.17) is 5.11 Å². The number of carboxylic acid groups (broad SMARTS) is 1. The normalized spacial score (nSPS) is 12.4. The highest BCUT2D eigenvalue weighted by Crippen LogP contribution is 2.42. The van der Waals surface area contributed by atoms with Crippen LogP contribution in [0.1, 0.15) is 28.9 Å². The molecule has 6 heteroatoms. The van der Waals surface area contributed by atoms with Gasteiger partial charge in [-0.3, -0.25) is 0 Å². The fourth-order valence-electron chi connectivity index (χ4n) is 1.15. The van der Waals surface area contributed by atoms with E-state index in [1.807, 2.05) is 0 Å². The Morgan fingerprint density at radius 2 is 1.73 bits per heavy atom. The van der Waals surface area contributed by atoms with E-state index in [0.29, 0.717) is 0 Å². The lowest BCUT2D eigenvalue weighted by molar-refractivity contribution is 0.0692. The van der Waals surface area contributed by atoms with Gasteiger partial charge < -0.3 is 25.5 Å². The summed E-state index contributed by atoms with van der Waals surface area (Å²) in [7, 11) is 0. The maximum atomic E-state index is 10.6. The molecule has 5 N–H and O–H groups in total. The van der Waals surface area contributed by atoms with Gasteiger partial charge in [-0.15, -0.1) is 0 Å². The minimum Gasteiger partial charge on any atom is -0.504 e. The highest BCUT2D eigenvalue weighted by molar-refractivity contribution is 5.93. The van der Waals surface area contributed by atoms with Crippen LogP contribution in [0, 0.1) is 0 Å². The molecule has 1 rings (SSSR count). The molecule has 1 unspecified atom stereocenters. The Balaban J connectivity index is 3.52. The number of aromatic carboxylic acids is 1. The molecule has 1 aromatic carbocycles. The second kappa shape index (κ2) is 3.66. The lowest BCUT2D eigenvalue weighted by Crippen LogP contribution is -2.01. The zero-order chi connectivity index (χ0) is 11.7. The summed E-state index contributed by atoms with van der Waals surface area (Å²) in [5.41, 5.74) is -0.746. The average Bonchev–Trinajstić information content (AvgIpc) is 2.13. The number of aromatic hydroxyl groups is 3. The van der Waals surface area contributed by atoms with E-state index in [-0.39, 0.29) is 5.56 Å². The van der Waals surface area contributed by atoms with Crippen molar-refractivity contribution < 1.29 is 30.3 Å². The highest BCUT2D eigenvalue weighted by atomic mass is 16.4. The molecule has 0 heterocycles. The quantitative estimate of drug-likeness (QED) is 0.459. The summed E-state index contributed by atoms with van der Waals surface area (Å²) in [4.78, 5) is 10.6. The molecule has 0 aromatic heterocycles. The Labute approximate surface area is 84.7 Å². The molecule has 0 saturated carbocycles. The van der Waals surface area contributed by atoms with Crippen LogP contribution in [0.4, 0.5) is 0 Å². The van der Waals surface area contributed by atoms with E-state index in [0.717, 1.165) is 6.07 Å². The molecule has 0 radical (unpaired) electrons. The van der Waals surface area contributed by atoms with Crippen molar-refractivity contribution in [2.45, 2.75) is 13.0 Å². The lowest BCUT2D eigenvalue weighted by Gasteiger charge is -2.11. The largest absolute Gasteiger partial charge is 0.504 e. The minimum absolute atomic E-state index is 0.164. The molecule has 0 bridgehead atoms. The van der Waals surface area contributed by atoms with E-state index < -0.39 is 34.9 Å². The molecule has 0 amide bonds. The first kappa shape index (κ1) is 11.1. The van der Waals surface area contributed by atoms with E-state index >= 15 is 0 Å². The molecule has 0 saturated heterocycles. The van der Waals surface area contributed by atoms with Gasteiger partial charge in [0, 0.05) is 5.56 Å². The first-order valence-corrected chi connectivity index (χ1v) is 4.05. The van der Waals surface area contributed by atoms with Crippen LogP contribution in [-0.2, 0) is 0 Å². The molecular weight excluding hydrogens is 204 g/mol. The Bertz CT molecular complexity index is 410. The Hall–Kier alpha value is -1.95. The predicted molar refractivity (Wildman–Crippen MR) is 49.0 cm³/mol. The third kappa shape index (κ3) is 1.79. The van der Waals surface area contributed by atoms with Crippen molar-refractivity contribution >= 4 is 5.97 Å². The SMILES string of the molecule is CC(O)c1cc(C(=O)O)c(O)c(O)c1O. The fourth-order valence-corrected chi connectivity index (χ4v) is 1.15. The topological polar surface area (TPSA) is 118 Å². The predicted octanol–water partition coefficient (Wildman–Crippen LogP) is 0.555. The van der Waals surface area contributed by atoms with Gasteiger partial charge in [0.15, 0.2) is 11.5 Å². The molecule has 0 spiro atoms. The number of phenolic OH excluding ortho intramolecular Hbond substituents is 2. The molecule has 1 aromatic rings. The van der Waals surface area contributed by atoms with E-state index in [1.165, 1.54) is 6.92 Å². The van der Waals surface area contributed by atoms with Gasteiger partial charge in [-0.2, -0.15) is 0 Å². The van der Waals surface area contributed by atoms with Crippen molar-refractivity contribution in [2.75, 3.05) is 0 Å². The average molecular weight is 214 g/mol. The van der Waals surface area contributed by atoms with Crippen molar-refractivity contribution in [3.05, 3.63) is 17.2 Å². The molecule has 82 valence electrons. The van der Waals surface area contributed by atoms with Crippen LogP contribution in [0.5, 0.6) is 17.2 Å². The van der Waals surface area contributed by atoms with Crippen LogP contribution >= 0.6 is 0 Å². The summed E-state index contributed by atoms with van der Waals surface area (Å²) in [6.45, 7) is 1.29. The van der Waals surface area contributed by atoms with Crippen molar-refractivity contribution in [1.82, 2.24) is 0 Å². The minimum atomic E-state index is -1.47. The molecule has 1 atom stereocenters.